The summed E-state index contributed by atoms with van der Waals surface area (Å²) in [5.41, 5.74) is 14.7. The Labute approximate surface area is 250 Å². The summed E-state index contributed by atoms with van der Waals surface area (Å²) in [6.07, 6.45) is 16.1. The summed E-state index contributed by atoms with van der Waals surface area (Å²) in [6, 6.07) is 14.6. The second-order valence-electron chi connectivity index (χ2n) is 10.5. The number of benzene rings is 2. The van der Waals surface area contributed by atoms with E-state index in [-0.39, 0.29) is 0 Å². The Balaban J connectivity index is 1.80. The van der Waals surface area contributed by atoms with Crippen molar-refractivity contribution in [3.05, 3.63) is 100 Å². The molecule has 0 unspecified atom stereocenters. The summed E-state index contributed by atoms with van der Waals surface area (Å²) in [7, 11) is 1.64. The Morgan fingerprint density at radius 1 is 1.15 bits per heavy atom. The number of methoxy groups -OCH3 is 1. The average Bonchev–Trinajstić information content (AvgIpc) is 3.14. The average molecular weight is 572 g/mol. The molecule has 1 aliphatic carbocycles. The number of rotatable bonds is 9. The molecule has 4 rings (SSSR count). The van der Waals surface area contributed by atoms with E-state index in [0.29, 0.717) is 29.9 Å². The number of fused-ring (bicyclic) bond motifs is 1. The molecule has 0 spiro atoms. The van der Waals surface area contributed by atoms with E-state index in [1.165, 1.54) is 19.3 Å². The summed E-state index contributed by atoms with van der Waals surface area (Å²) in [4.78, 5) is 12.5. The van der Waals surface area contributed by atoms with Crippen LogP contribution in [0.5, 0.6) is 0 Å². The fourth-order valence-electron chi connectivity index (χ4n) is 5.23. The highest BCUT2D eigenvalue weighted by Gasteiger charge is 2.22. The monoisotopic (exact) mass is 571 g/mol. The Hall–Kier alpha value is -3.61. The lowest BCUT2D eigenvalue weighted by Gasteiger charge is -2.27. The minimum atomic E-state index is 0.322. The minimum Gasteiger partial charge on any atom is -0.398 e. The molecule has 0 saturated heterocycles. The quantitative estimate of drug-likeness (QED) is 0.235. The maximum Gasteiger partial charge on any atom is 0.0877 e. The van der Waals surface area contributed by atoms with Gasteiger partial charge in [-0.05, 0) is 81.2 Å². The molecule has 3 N–H and O–H groups in total. The highest BCUT2D eigenvalue weighted by atomic mass is 35.5. The first-order chi connectivity index (χ1) is 19.9. The van der Waals surface area contributed by atoms with Crippen molar-refractivity contribution in [2.45, 2.75) is 58.9 Å². The third kappa shape index (κ3) is 7.99. The van der Waals surface area contributed by atoms with Gasteiger partial charge in [0, 0.05) is 24.0 Å². The molecule has 2 aromatic carbocycles. The van der Waals surface area contributed by atoms with Crippen LogP contribution in [-0.2, 0) is 4.74 Å². The zero-order valence-electron chi connectivity index (χ0n) is 24.7. The van der Waals surface area contributed by atoms with Crippen molar-refractivity contribution in [2.75, 3.05) is 25.2 Å². The first-order valence-corrected chi connectivity index (χ1v) is 14.8. The molecule has 1 heterocycles. The Kier molecular flexibility index (Phi) is 11.0. The van der Waals surface area contributed by atoms with Gasteiger partial charge < -0.3 is 20.7 Å². The molecule has 1 fully saturated rings. The highest BCUT2D eigenvalue weighted by Crippen LogP contribution is 2.39. The van der Waals surface area contributed by atoms with Crippen LogP contribution in [0.3, 0.4) is 0 Å². The van der Waals surface area contributed by atoms with Crippen molar-refractivity contribution >= 4 is 40.6 Å². The van der Waals surface area contributed by atoms with Gasteiger partial charge in [-0.2, -0.15) is 0 Å². The first-order valence-electron chi connectivity index (χ1n) is 14.4. The number of aryl methyl sites for hydroxylation is 1. The molecule has 0 radical (unpaired) electrons. The van der Waals surface area contributed by atoms with Crippen LogP contribution in [-0.4, -0.2) is 38.2 Å². The zero-order chi connectivity index (χ0) is 29.2. The van der Waals surface area contributed by atoms with E-state index in [1.54, 1.807) is 7.11 Å². The predicted molar refractivity (Wildman–Crippen MR) is 175 cm³/mol. The number of halogens is 1. The number of hydrogen-bond donors (Lipinski definition) is 2. The van der Waals surface area contributed by atoms with Crippen LogP contribution in [0.2, 0.25) is 5.02 Å². The number of nitrogens with two attached hydrogens (primary N) is 1. The number of ether oxygens (including phenoxy) is 1. The van der Waals surface area contributed by atoms with Crippen LogP contribution >= 0.6 is 11.6 Å². The van der Waals surface area contributed by atoms with Gasteiger partial charge in [0.15, 0.2) is 0 Å². The lowest BCUT2D eigenvalue weighted by molar-refractivity contribution is 0.224. The van der Waals surface area contributed by atoms with Gasteiger partial charge in [0.05, 0.1) is 53.4 Å². The lowest BCUT2D eigenvalue weighted by Crippen LogP contribution is -2.24. The summed E-state index contributed by atoms with van der Waals surface area (Å²) in [6.45, 7) is 7.10. The summed E-state index contributed by atoms with van der Waals surface area (Å²) in [5.74, 6) is 0. The third-order valence-electron chi connectivity index (χ3n) is 7.43. The number of anilines is 2. The number of aliphatic imine (C=N–C) groups is 2. The van der Waals surface area contributed by atoms with Crippen LogP contribution in [0.1, 0.15) is 51.5 Å². The fourth-order valence-corrected chi connectivity index (χ4v) is 5.40. The van der Waals surface area contributed by atoms with Crippen LogP contribution < -0.4 is 16.0 Å². The molecule has 2 aliphatic rings. The second-order valence-corrected chi connectivity index (χ2v) is 10.9. The van der Waals surface area contributed by atoms with Gasteiger partial charge in [-0.3, -0.25) is 4.99 Å². The molecule has 0 atom stereocenters. The van der Waals surface area contributed by atoms with Crippen molar-refractivity contribution < 1.29 is 4.74 Å². The van der Waals surface area contributed by atoms with Crippen molar-refractivity contribution in [3.8, 4) is 0 Å². The Bertz CT molecular complexity index is 1400. The molecule has 41 heavy (non-hydrogen) atoms. The molecule has 216 valence electrons. The van der Waals surface area contributed by atoms with E-state index < -0.39 is 0 Å². The summed E-state index contributed by atoms with van der Waals surface area (Å²) in [5, 5.41) is 4.24. The van der Waals surface area contributed by atoms with Crippen LogP contribution in [0, 0.1) is 6.92 Å². The number of allylic oxidation sites excluding steroid dienone is 5. The van der Waals surface area contributed by atoms with Gasteiger partial charge in [0.25, 0.3) is 0 Å². The Morgan fingerprint density at radius 2 is 1.93 bits per heavy atom. The van der Waals surface area contributed by atoms with E-state index in [2.05, 4.69) is 54.4 Å². The summed E-state index contributed by atoms with van der Waals surface area (Å²) >= 11 is 6.46. The summed E-state index contributed by atoms with van der Waals surface area (Å²) < 4.78 is 5.32. The molecule has 0 amide bonds. The maximum absolute atomic E-state index is 6.46. The molecule has 6 nitrogen and oxygen atoms in total. The smallest absolute Gasteiger partial charge is 0.0877 e. The first kappa shape index (κ1) is 30.4. The third-order valence-corrected chi connectivity index (χ3v) is 7.67. The molecule has 7 heteroatoms. The maximum atomic E-state index is 6.46. The van der Waals surface area contributed by atoms with E-state index in [1.807, 2.05) is 49.6 Å². The molecule has 1 saturated carbocycles. The van der Waals surface area contributed by atoms with Gasteiger partial charge in [0.2, 0.25) is 0 Å². The number of hydrogen-bond acceptors (Lipinski definition) is 6. The van der Waals surface area contributed by atoms with Crippen molar-refractivity contribution in [2.24, 2.45) is 15.7 Å². The van der Waals surface area contributed by atoms with E-state index in [9.17, 15) is 0 Å². The lowest BCUT2D eigenvalue weighted by atomic mass is 9.96. The largest absolute Gasteiger partial charge is 0.398 e. The number of nitrogens with one attached hydrogen (secondary N) is 1. The minimum absolute atomic E-state index is 0.322. The molecular weight excluding hydrogens is 530 g/mol. The van der Waals surface area contributed by atoms with Crippen molar-refractivity contribution in [1.82, 2.24) is 5.32 Å². The highest BCUT2D eigenvalue weighted by molar-refractivity contribution is 6.31. The van der Waals surface area contributed by atoms with Crippen molar-refractivity contribution in [1.29, 1.82) is 0 Å². The van der Waals surface area contributed by atoms with E-state index in [4.69, 9.17) is 32.1 Å². The zero-order valence-corrected chi connectivity index (χ0v) is 25.4. The predicted octanol–water partition coefficient (Wildman–Crippen LogP) is 8.09. The van der Waals surface area contributed by atoms with Gasteiger partial charge in [-0.15, -0.1) is 0 Å². The van der Waals surface area contributed by atoms with Gasteiger partial charge in [-0.25, -0.2) is 4.99 Å². The second kappa shape index (κ2) is 14.9. The Morgan fingerprint density at radius 3 is 2.66 bits per heavy atom. The van der Waals surface area contributed by atoms with Crippen LogP contribution in [0.25, 0.3) is 0 Å². The number of para-hydroxylation sites is 2. The van der Waals surface area contributed by atoms with Crippen LogP contribution in [0.15, 0.2) is 99.4 Å². The SMILES string of the molecule is C/C=C\C(N/C(C=NC1CCCCC1)=C/C1=Nc2ccccc2N(c2cc(Cl)ccc2C)C/C1=C/C)=C(/N)COC. The topological polar surface area (TPSA) is 75.2 Å². The van der Waals surface area contributed by atoms with Crippen LogP contribution in [0.4, 0.5) is 17.1 Å². The van der Waals surface area contributed by atoms with Gasteiger partial charge >= 0.3 is 0 Å². The van der Waals surface area contributed by atoms with E-state index in [0.717, 1.165) is 58.1 Å². The molecule has 1 aliphatic heterocycles. The molecule has 2 aromatic rings. The number of nitrogens with zero attached hydrogens (tertiary/aromatic N) is 3. The van der Waals surface area contributed by atoms with Gasteiger partial charge in [-0.1, -0.05) is 61.2 Å². The van der Waals surface area contributed by atoms with Gasteiger partial charge in [0.1, 0.15) is 0 Å². The standard InChI is InChI=1S/C34H42ClN5O/c1-5-12-30(29(36)23-41-4)38-28(21-37-27-13-8-7-9-14-27)20-32-25(6-2)22-40(33-16-11-10-15-31(33)39-32)34-19-26(35)18-17-24(34)3/h5-6,10-12,15-21,27,38H,7-9,13-14,22-23,36H2,1-4H3/b12-5-,25-6-,28-20+,30-29+,37-21?. The molecule has 0 bridgehead atoms. The normalized spacial score (nSPS) is 18.5. The fraction of sp³-hybridized carbons (Fsp3) is 0.353. The molecule has 0 aromatic heterocycles. The van der Waals surface area contributed by atoms with E-state index >= 15 is 0 Å². The molecular formula is C34H42ClN5O. The van der Waals surface area contributed by atoms with Crippen molar-refractivity contribution in [3.63, 3.8) is 0 Å².